The van der Waals surface area contributed by atoms with Gasteiger partial charge in [-0.3, -0.25) is 0 Å². The highest BCUT2D eigenvalue weighted by molar-refractivity contribution is 6.42. The van der Waals surface area contributed by atoms with Gasteiger partial charge in [0.1, 0.15) is 5.82 Å². The summed E-state index contributed by atoms with van der Waals surface area (Å²) < 4.78 is 2.16. The van der Waals surface area contributed by atoms with Crippen LogP contribution in [0.5, 0.6) is 0 Å². The van der Waals surface area contributed by atoms with E-state index in [1.807, 2.05) is 38.4 Å². The Hall–Kier alpha value is -1.03. The lowest BCUT2D eigenvalue weighted by molar-refractivity contribution is 0.676. The predicted octanol–water partition coefficient (Wildman–Crippen LogP) is 3.27. The number of aryl methyl sites for hydroxylation is 1. The topological polar surface area (TPSA) is 29.9 Å². The van der Waals surface area contributed by atoms with Crippen LogP contribution in [0.4, 0.5) is 0 Å². The summed E-state index contributed by atoms with van der Waals surface area (Å²) in [5, 5.41) is 4.30. The van der Waals surface area contributed by atoms with Crippen LogP contribution in [0.25, 0.3) is 0 Å². The number of nitrogens with one attached hydrogen (secondary N) is 1. The average molecular weight is 284 g/mol. The molecule has 0 unspecified atom stereocenters. The fraction of sp³-hybridized carbons (Fsp3) is 0.308. The van der Waals surface area contributed by atoms with Gasteiger partial charge in [-0.05, 0) is 31.7 Å². The molecule has 1 heterocycles. The lowest BCUT2D eigenvalue weighted by Gasteiger charge is -2.11. The van der Waals surface area contributed by atoms with Gasteiger partial charge in [0.05, 0.1) is 15.7 Å². The molecule has 2 aromatic rings. The minimum absolute atomic E-state index is 0.582. The van der Waals surface area contributed by atoms with Crippen molar-refractivity contribution < 1.29 is 0 Å². The van der Waals surface area contributed by atoms with Gasteiger partial charge in [-0.25, -0.2) is 4.98 Å². The first-order valence-corrected chi connectivity index (χ1v) is 6.47. The smallest absolute Gasteiger partial charge is 0.106 e. The van der Waals surface area contributed by atoms with Crippen LogP contribution in [-0.4, -0.2) is 16.6 Å². The molecule has 0 saturated carbocycles. The van der Waals surface area contributed by atoms with Gasteiger partial charge in [0.25, 0.3) is 0 Å². The van der Waals surface area contributed by atoms with Crippen molar-refractivity contribution in [1.29, 1.82) is 0 Å². The van der Waals surface area contributed by atoms with Crippen molar-refractivity contribution in [2.24, 2.45) is 0 Å². The molecule has 0 fully saturated rings. The summed E-state index contributed by atoms with van der Waals surface area (Å²) in [6.07, 6.45) is 1.89. The summed E-state index contributed by atoms with van der Waals surface area (Å²) in [7, 11) is 1.92. The first kappa shape index (κ1) is 13.4. The highest BCUT2D eigenvalue weighted by Crippen LogP contribution is 2.23. The third-order valence-electron chi connectivity index (χ3n) is 2.82. The van der Waals surface area contributed by atoms with Gasteiger partial charge in [0.15, 0.2) is 0 Å². The Morgan fingerprint density at radius 1 is 1.28 bits per heavy atom. The highest BCUT2D eigenvalue weighted by Gasteiger charge is 2.07. The molecule has 1 N–H and O–H groups in total. The lowest BCUT2D eigenvalue weighted by Crippen LogP contribution is -2.12. The first-order chi connectivity index (χ1) is 8.61. The quantitative estimate of drug-likeness (QED) is 0.933. The zero-order valence-corrected chi connectivity index (χ0v) is 11.9. The zero-order valence-electron chi connectivity index (χ0n) is 10.4. The number of benzene rings is 1. The Balaban J connectivity index is 2.27. The largest absolute Gasteiger partial charge is 0.327 e. The van der Waals surface area contributed by atoms with Crippen LogP contribution in [0.2, 0.25) is 10.0 Å². The van der Waals surface area contributed by atoms with Crippen LogP contribution in [0.3, 0.4) is 0 Å². The number of rotatable bonds is 4. The van der Waals surface area contributed by atoms with Crippen molar-refractivity contribution in [3.05, 3.63) is 51.5 Å². The van der Waals surface area contributed by atoms with Gasteiger partial charge in [0.2, 0.25) is 0 Å². The van der Waals surface area contributed by atoms with Gasteiger partial charge >= 0.3 is 0 Å². The minimum Gasteiger partial charge on any atom is -0.327 e. The molecular weight excluding hydrogens is 269 g/mol. The molecule has 1 aromatic heterocycles. The van der Waals surface area contributed by atoms with E-state index in [4.69, 9.17) is 23.2 Å². The SMILES string of the molecule is CNCc1cnc(C)n1Cc1ccc(Cl)c(Cl)c1. The third-order valence-corrected chi connectivity index (χ3v) is 3.56. The van der Waals surface area contributed by atoms with Crippen LogP contribution in [0.1, 0.15) is 17.1 Å². The molecule has 0 aliphatic heterocycles. The Labute approximate surface area is 117 Å². The number of imidazole rings is 1. The molecule has 0 bridgehead atoms. The normalized spacial score (nSPS) is 10.9. The Morgan fingerprint density at radius 3 is 2.72 bits per heavy atom. The van der Waals surface area contributed by atoms with Crippen molar-refractivity contribution >= 4 is 23.2 Å². The average Bonchev–Trinajstić information content (AvgIpc) is 2.67. The summed E-state index contributed by atoms with van der Waals surface area (Å²) in [5.74, 6) is 0.992. The molecule has 96 valence electrons. The molecule has 0 saturated heterocycles. The van der Waals surface area contributed by atoms with Crippen molar-refractivity contribution in [1.82, 2.24) is 14.9 Å². The van der Waals surface area contributed by atoms with Crippen molar-refractivity contribution in [3.63, 3.8) is 0 Å². The molecule has 5 heteroatoms. The third kappa shape index (κ3) is 2.86. The monoisotopic (exact) mass is 283 g/mol. The first-order valence-electron chi connectivity index (χ1n) is 5.71. The fourth-order valence-corrected chi connectivity index (χ4v) is 2.19. The summed E-state index contributed by atoms with van der Waals surface area (Å²) in [4.78, 5) is 4.34. The van der Waals surface area contributed by atoms with E-state index in [0.717, 1.165) is 30.2 Å². The molecule has 0 aliphatic rings. The molecule has 1 aromatic carbocycles. The van der Waals surface area contributed by atoms with E-state index in [-0.39, 0.29) is 0 Å². The van der Waals surface area contributed by atoms with E-state index in [0.29, 0.717) is 10.0 Å². The van der Waals surface area contributed by atoms with E-state index in [1.165, 1.54) is 0 Å². The highest BCUT2D eigenvalue weighted by atomic mass is 35.5. The van der Waals surface area contributed by atoms with Gasteiger partial charge < -0.3 is 9.88 Å². The van der Waals surface area contributed by atoms with Crippen LogP contribution < -0.4 is 5.32 Å². The molecule has 2 rings (SSSR count). The Kier molecular flexibility index (Phi) is 4.27. The second-order valence-electron chi connectivity index (χ2n) is 4.16. The summed E-state index contributed by atoms with van der Waals surface area (Å²) in [6.45, 7) is 3.54. The molecular formula is C13H15Cl2N3. The second-order valence-corrected chi connectivity index (χ2v) is 4.98. The number of aromatic nitrogens is 2. The Morgan fingerprint density at radius 2 is 2.06 bits per heavy atom. The summed E-state index contributed by atoms with van der Waals surface area (Å²) in [5.41, 5.74) is 2.27. The molecule has 0 aliphatic carbocycles. The molecule has 0 atom stereocenters. The van der Waals surface area contributed by atoms with E-state index in [1.54, 1.807) is 0 Å². The summed E-state index contributed by atoms with van der Waals surface area (Å²) in [6, 6.07) is 5.70. The zero-order chi connectivity index (χ0) is 13.1. The Bertz CT molecular complexity index is 549. The van der Waals surface area contributed by atoms with E-state index >= 15 is 0 Å². The van der Waals surface area contributed by atoms with Gasteiger partial charge in [0, 0.05) is 19.3 Å². The van der Waals surface area contributed by atoms with Crippen molar-refractivity contribution in [2.45, 2.75) is 20.0 Å². The molecule has 0 spiro atoms. The lowest BCUT2D eigenvalue weighted by atomic mass is 10.2. The standard InChI is InChI=1S/C13H15Cl2N3/c1-9-17-7-11(6-16-2)18(9)8-10-3-4-12(14)13(15)5-10/h3-5,7,16H,6,8H2,1-2H3. The molecule has 0 radical (unpaired) electrons. The fourth-order valence-electron chi connectivity index (χ4n) is 1.87. The van der Waals surface area contributed by atoms with Gasteiger partial charge in [-0.1, -0.05) is 29.3 Å². The van der Waals surface area contributed by atoms with Crippen LogP contribution in [-0.2, 0) is 13.1 Å². The van der Waals surface area contributed by atoms with Crippen LogP contribution in [0.15, 0.2) is 24.4 Å². The van der Waals surface area contributed by atoms with E-state index in [2.05, 4.69) is 14.9 Å². The maximum absolute atomic E-state index is 6.03. The number of hydrogen-bond acceptors (Lipinski definition) is 2. The van der Waals surface area contributed by atoms with Crippen LogP contribution in [0, 0.1) is 6.92 Å². The predicted molar refractivity (Wildman–Crippen MR) is 75.3 cm³/mol. The van der Waals surface area contributed by atoms with E-state index in [9.17, 15) is 0 Å². The van der Waals surface area contributed by atoms with Gasteiger partial charge in [-0.15, -0.1) is 0 Å². The van der Waals surface area contributed by atoms with Crippen molar-refractivity contribution in [3.8, 4) is 0 Å². The second kappa shape index (κ2) is 5.74. The minimum atomic E-state index is 0.582. The number of halogens is 2. The molecule has 3 nitrogen and oxygen atoms in total. The van der Waals surface area contributed by atoms with Crippen molar-refractivity contribution in [2.75, 3.05) is 7.05 Å². The number of hydrogen-bond donors (Lipinski definition) is 1. The number of nitrogens with zero attached hydrogens (tertiary/aromatic N) is 2. The van der Waals surface area contributed by atoms with E-state index < -0.39 is 0 Å². The maximum atomic E-state index is 6.03. The summed E-state index contributed by atoms with van der Waals surface area (Å²) >= 11 is 11.9. The van der Waals surface area contributed by atoms with Crippen LogP contribution >= 0.6 is 23.2 Å². The maximum Gasteiger partial charge on any atom is 0.106 e. The molecule has 18 heavy (non-hydrogen) atoms. The molecule has 0 amide bonds. The van der Waals surface area contributed by atoms with Gasteiger partial charge in [-0.2, -0.15) is 0 Å².